The molecular weight excluding hydrogens is 565 g/mol. The van der Waals surface area contributed by atoms with Crippen LogP contribution in [0.1, 0.15) is 18.9 Å². The summed E-state index contributed by atoms with van der Waals surface area (Å²) >= 11 is 0. The van der Waals surface area contributed by atoms with Gasteiger partial charge in [0.05, 0.1) is 24.4 Å². The summed E-state index contributed by atoms with van der Waals surface area (Å²) in [4.78, 5) is 31.0. The van der Waals surface area contributed by atoms with Gasteiger partial charge < -0.3 is 45.4 Å². The number of aliphatic hydroxyl groups is 2. The third-order valence-corrected chi connectivity index (χ3v) is 8.45. The van der Waals surface area contributed by atoms with Crippen LogP contribution in [0.2, 0.25) is 0 Å². The maximum Gasteiger partial charge on any atom is 0.472 e. The number of hydrogen-bond acceptors (Lipinski definition) is 15. The van der Waals surface area contributed by atoms with E-state index in [0.29, 0.717) is 22.2 Å². The SMILES string of the molecule is Nc1ncnc2c1ccn2C1OC2COP(=O)(O)OC3C(CCOC2C1O)OC(n1cnc2c(N)ncnc21)C3O. The zero-order chi connectivity index (χ0) is 28.5. The van der Waals surface area contributed by atoms with Gasteiger partial charge in [0.1, 0.15) is 60.2 Å². The first kappa shape index (κ1) is 26.6. The molecule has 9 unspecified atom stereocenters. The minimum Gasteiger partial charge on any atom is -0.386 e. The number of phosphoric ester groups is 1. The normalized spacial score (nSPS) is 36.3. The maximum atomic E-state index is 13.0. The molecule has 18 nitrogen and oxygen atoms in total. The average molecular weight is 591 g/mol. The Balaban J connectivity index is 1.14. The van der Waals surface area contributed by atoms with Crippen molar-refractivity contribution in [2.45, 2.75) is 55.5 Å². The lowest BCUT2D eigenvalue weighted by molar-refractivity contribution is -0.0722. The molecule has 3 saturated heterocycles. The Labute approximate surface area is 230 Å². The van der Waals surface area contributed by atoms with Gasteiger partial charge in [-0.05, 0) is 12.5 Å². The molecule has 0 spiro atoms. The summed E-state index contributed by atoms with van der Waals surface area (Å²) in [6.45, 7) is -0.433. The lowest BCUT2D eigenvalue weighted by atomic mass is 10.1. The highest BCUT2D eigenvalue weighted by atomic mass is 31.2. The predicted octanol–water partition coefficient (Wildman–Crippen LogP) is -0.757. The molecule has 7 N–H and O–H groups in total. The molecule has 3 fully saturated rings. The van der Waals surface area contributed by atoms with Gasteiger partial charge in [0.15, 0.2) is 23.9 Å². The first-order valence-electron chi connectivity index (χ1n) is 12.7. The quantitative estimate of drug-likeness (QED) is 0.180. The van der Waals surface area contributed by atoms with Crippen molar-refractivity contribution < 1.29 is 42.9 Å². The summed E-state index contributed by atoms with van der Waals surface area (Å²) in [5.74, 6) is 0.407. The molecule has 7 rings (SSSR count). The second-order valence-corrected chi connectivity index (χ2v) is 11.3. The van der Waals surface area contributed by atoms with Gasteiger partial charge >= 0.3 is 7.82 Å². The van der Waals surface area contributed by atoms with E-state index in [4.69, 9.17) is 34.7 Å². The fourth-order valence-electron chi connectivity index (χ4n) is 5.53. The van der Waals surface area contributed by atoms with E-state index < -0.39 is 63.5 Å². The first-order chi connectivity index (χ1) is 19.7. The molecule has 0 radical (unpaired) electrons. The second kappa shape index (κ2) is 9.90. The molecule has 0 saturated carbocycles. The van der Waals surface area contributed by atoms with Gasteiger partial charge in [0.25, 0.3) is 0 Å². The Morgan fingerprint density at radius 2 is 1.61 bits per heavy atom. The van der Waals surface area contributed by atoms with E-state index in [2.05, 4.69) is 24.9 Å². The number of rotatable bonds is 2. The van der Waals surface area contributed by atoms with Gasteiger partial charge in [-0.3, -0.25) is 13.6 Å². The number of hydrogen-bond donors (Lipinski definition) is 5. The molecule has 0 amide bonds. The number of imidazole rings is 1. The van der Waals surface area contributed by atoms with Crippen molar-refractivity contribution in [1.82, 2.24) is 34.1 Å². The molecule has 0 bridgehead atoms. The number of aromatic nitrogens is 7. The Morgan fingerprint density at radius 3 is 2.44 bits per heavy atom. The maximum absolute atomic E-state index is 13.0. The Bertz CT molecular complexity index is 1650. The van der Waals surface area contributed by atoms with Gasteiger partial charge in [0.2, 0.25) is 0 Å². The number of anilines is 2. The zero-order valence-corrected chi connectivity index (χ0v) is 22.0. The summed E-state index contributed by atoms with van der Waals surface area (Å²) in [5, 5.41) is 22.9. The van der Waals surface area contributed by atoms with Gasteiger partial charge in [-0.2, -0.15) is 0 Å². The average Bonchev–Trinajstić information content (AvgIpc) is 3.69. The van der Waals surface area contributed by atoms with E-state index in [1.807, 2.05) is 0 Å². The highest BCUT2D eigenvalue weighted by molar-refractivity contribution is 7.47. The van der Waals surface area contributed by atoms with Crippen molar-refractivity contribution in [3.05, 3.63) is 31.2 Å². The Hall–Kier alpha value is -3.32. The molecule has 218 valence electrons. The van der Waals surface area contributed by atoms with Gasteiger partial charge in [0, 0.05) is 12.8 Å². The van der Waals surface area contributed by atoms with Crippen LogP contribution in [0.3, 0.4) is 0 Å². The van der Waals surface area contributed by atoms with Crippen LogP contribution in [0.25, 0.3) is 22.2 Å². The lowest BCUT2D eigenvalue weighted by Crippen LogP contribution is -2.37. The third-order valence-electron chi connectivity index (χ3n) is 7.46. The van der Waals surface area contributed by atoms with Crippen molar-refractivity contribution in [2.75, 3.05) is 24.7 Å². The topological polar surface area (TPSA) is 250 Å². The fraction of sp³-hybridized carbons (Fsp3) is 0.500. The Morgan fingerprint density at radius 1 is 0.902 bits per heavy atom. The molecule has 19 heteroatoms. The summed E-state index contributed by atoms with van der Waals surface area (Å²) in [5.41, 5.74) is 12.8. The summed E-state index contributed by atoms with van der Waals surface area (Å²) in [6.07, 6.45) is -3.08. The summed E-state index contributed by atoms with van der Waals surface area (Å²) in [6, 6.07) is 1.69. The number of fused-ring (bicyclic) bond motifs is 4. The number of nitrogens with two attached hydrogens (primary N) is 2. The number of phosphoric acid groups is 1. The second-order valence-electron chi connectivity index (χ2n) is 9.87. The van der Waals surface area contributed by atoms with E-state index >= 15 is 0 Å². The molecule has 4 aromatic heterocycles. The minimum absolute atomic E-state index is 0.0232. The van der Waals surface area contributed by atoms with Crippen LogP contribution < -0.4 is 11.5 Å². The van der Waals surface area contributed by atoms with Crippen molar-refractivity contribution in [1.29, 1.82) is 0 Å². The zero-order valence-electron chi connectivity index (χ0n) is 21.2. The van der Waals surface area contributed by atoms with Crippen LogP contribution in [0, 0.1) is 0 Å². The number of aliphatic hydroxyl groups excluding tert-OH is 2. The molecule has 3 aliphatic rings. The van der Waals surface area contributed by atoms with E-state index in [1.54, 1.807) is 16.8 Å². The lowest BCUT2D eigenvalue weighted by Gasteiger charge is -2.23. The largest absolute Gasteiger partial charge is 0.472 e. The van der Waals surface area contributed by atoms with Crippen molar-refractivity contribution in [2.24, 2.45) is 0 Å². The minimum atomic E-state index is -4.76. The molecule has 0 aliphatic carbocycles. The van der Waals surface area contributed by atoms with Crippen molar-refractivity contribution in [3.63, 3.8) is 0 Å². The van der Waals surface area contributed by atoms with Gasteiger partial charge in [-0.1, -0.05) is 0 Å². The predicted molar refractivity (Wildman–Crippen MR) is 137 cm³/mol. The third kappa shape index (κ3) is 4.44. The van der Waals surface area contributed by atoms with Crippen molar-refractivity contribution >= 4 is 41.7 Å². The van der Waals surface area contributed by atoms with Gasteiger partial charge in [-0.15, -0.1) is 0 Å². The van der Waals surface area contributed by atoms with Gasteiger partial charge in [-0.25, -0.2) is 29.5 Å². The van der Waals surface area contributed by atoms with Crippen LogP contribution >= 0.6 is 7.82 Å². The standard InChI is InChI=1S/C22H26N9O9P/c23-17-9-1-3-30(19(9)27-6-25-17)21-13(32)15-11(39-21)5-37-41(34,35)40-16-10(2-4-36-15)38-22(14(16)33)31-8-29-12-18(24)26-7-28-20(12)31/h1,3,6-8,10-11,13-16,21-22,32-33H,2,4-5H2,(H,34,35)(H2,23,25,27)(H2,24,26,28). The highest BCUT2D eigenvalue weighted by Gasteiger charge is 2.52. The van der Waals surface area contributed by atoms with E-state index in [1.165, 1.54) is 23.5 Å². The van der Waals surface area contributed by atoms with E-state index in [-0.39, 0.29) is 24.7 Å². The molecule has 0 aromatic carbocycles. The van der Waals surface area contributed by atoms with Crippen LogP contribution in [0.5, 0.6) is 0 Å². The van der Waals surface area contributed by atoms with Crippen LogP contribution in [-0.4, -0.2) is 99.0 Å². The number of ether oxygens (including phenoxy) is 3. The molecule has 41 heavy (non-hydrogen) atoms. The van der Waals surface area contributed by atoms with Crippen molar-refractivity contribution in [3.8, 4) is 0 Å². The van der Waals surface area contributed by atoms with Crippen LogP contribution in [0.4, 0.5) is 11.6 Å². The molecule has 9 atom stereocenters. The molecule has 3 aliphatic heterocycles. The fourth-order valence-corrected chi connectivity index (χ4v) is 6.49. The molecule has 7 heterocycles. The van der Waals surface area contributed by atoms with Crippen LogP contribution in [-0.2, 0) is 27.8 Å². The molecule has 4 aromatic rings. The van der Waals surface area contributed by atoms with E-state index in [9.17, 15) is 19.7 Å². The van der Waals surface area contributed by atoms with Crippen LogP contribution in [0.15, 0.2) is 31.2 Å². The smallest absolute Gasteiger partial charge is 0.386 e. The highest BCUT2D eigenvalue weighted by Crippen LogP contribution is 2.50. The first-order valence-corrected chi connectivity index (χ1v) is 14.2. The monoisotopic (exact) mass is 591 g/mol. The Kier molecular flexibility index (Phi) is 6.42. The summed E-state index contributed by atoms with van der Waals surface area (Å²) in [7, 11) is -4.76. The number of nitrogen functional groups attached to an aromatic ring is 2. The van der Waals surface area contributed by atoms with E-state index in [0.717, 1.165) is 0 Å². The number of nitrogens with zero attached hydrogens (tertiary/aromatic N) is 7. The summed E-state index contributed by atoms with van der Waals surface area (Å²) < 4.78 is 44.8. The molecular formula is C22H26N9O9P.